The average molecular weight is 252 g/mol. The Labute approximate surface area is 109 Å². The Morgan fingerprint density at radius 1 is 1.17 bits per heavy atom. The molecule has 3 nitrogen and oxygen atoms in total. The molecule has 0 spiro atoms. The van der Waals surface area contributed by atoms with Crippen LogP contribution < -0.4 is 0 Å². The lowest BCUT2D eigenvalue weighted by molar-refractivity contribution is -0.141. The molecule has 1 saturated carbocycles. The van der Waals surface area contributed by atoms with E-state index in [9.17, 15) is 10.2 Å². The summed E-state index contributed by atoms with van der Waals surface area (Å²) in [4.78, 5) is 0. The summed E-state index contributed by atoms with van der Waals surface area (Å²) in [7, 11) is 0. The van der Waals surface area contributed by atoms with Crippen LogP contribution in [0.3, 0.4) is 0 Å². The molecule has 0 aromatic rings. The van der Waals surface area contributed by atoms with Gasteiger partial charge in [0.2, 0.25) is 0 Å². The van der Waals surface area contributed by atoms with Gasteiger partial charge in [0.05, 0.1) is 6.61 Å². The summed E-state index contributed by atoms with van der Waals surface area (Å²) in [6, 6.07) is 0. The number of fused-ring (bicyclic) bond motifs is 3. The third-order valence-electron chi connectivity index (χ3n) is 5.61. The first-order chi connectivity index (χ1) is 8.30. The molecular weight excluding hydrogens is 228 g/mol. The quantitative estimate of drug-likeness (QED) is 0.650. The summed E-state index contributed by atoms with van der Waals surface area (Å²) < 4.78 is 5.82. The number of allylic oxidation sites excluding steroid dienone is 1. The lowest BCUT2D eigenvalue weighted by Crippen LogP contribution is -2.60. The summed E-state index contributed by atoms with van der Waals surface area (Å²) in [5.41, 5.74) is 0.592. The van der Waals surface area contributed by atoms with Gasteiger partial charge in [-0.3, -0.25) is 0 Å². The molecule has 0 bridgehead atoms. The van der Waals surface area contributed by atoms with Gasteiger partial charge in [0.15, 0.2) is 0 Å². The Bertz CT molecular complexity index is 412. The van der Waals surface area contributed by atoms with Crippen molar-refractivity contribution in [2.24, 2.45) is 5.41 Å². The molecule has 2 fully saturated rings. The molecule has 18 heavy (non-hydrogen) atoms. The van der Waals surface area contributed by atoms with Crippen molar-refractivity contribution in [2.75, 3.05) is 6.61 Å². The van der Waals surface area contributed by atoms with Crippen LogP contribution in [0.2, 0.25) is 0 Å². The predicted molar refractivity (Wildman–Crippen MR) is 69.2 cm³/mol. The molecule has 102 valence electrons. The van der Waals surface area contributed by atoms with Crippen molar-refractivity contribution in [1.82, 2.24) is 0 Å². The number of rotatable bonds is 0. The number of hydrogen-bond acceptors (Lipinski definition) is 3. The maximum atomic E-state index is 10.9. The zero-order valence-corrected chi connectivity index (χ0v) is 11.6. The minimum absolute atomic E-state index is 0.166. The van der Waals surface area contributed by atoms with Gasteiger partial charge in [-0.05, 0) is 56.9 Å². The van der Waals surface area contributed by atoms with E-state index in [2.05, 4.69) is 13.8 Å². The van der Waals surface area contributed by atoms with E-state index in [0.29, 0.717) is 6.42 Å². The van der Waals surface area contributed by atoms with Gasteiger partial charge in [-0.15, -0.1) is 0 Å². The van der Waals surface area contributed by atoms with Crippen LogP contribution in [-0.4, -0.2) is 34.1 Å². The van der Waals surface area contributed by atoms with Gasteiger partial charge in [-0.2, -0.15) is 0 Å². The molecule has 4 atom stereocenters. The van der Waals surface area contributed by atoms with Crippen molar-refractivity contribution in [1.29, 1.82) is 0 Å². The van der Waals surface area contributed by atoms with Crippen LogP contribution in [0, 0.1) is 5.41 Å². The SMILES string of the molecule is CC1=C2[C@@H]3OC[C@@](C)(O)[C@]3(O)CC[C@@]2(C)CCC1. The summed E-state index contributed by atoms with van der Waals surface area (Å²) in [6.45, 7) is 6.39. The van der Waals surface area contributed by atoms with E-state index < -0.39 is 11.2 Å². The highest BCUT2D eigenvalue weighted by atomic mass is 16.5. The third kappa shape index (κ3) is 1.41. The van der Waals surface area contributed by atoms with Crippen LogP contribution >= 0.6 is 0 Å². The summed E-state index contributed by atoms with van der Waals surface area (Å²) in [5, 5.41) is 21.3. The maximum Gasteiger partial charge on any atom is 0.125 e. The minimum Gasteiger partial charge on any atom is -0.385 e. The molecule has 3 aliphatic rings. The van der Waals surface area contributed by atoms with Crippen molar-refractivity contribution >= 4 is 0 Å². The maximum absolute atomic E-state index is 10.9. The summed E-state index contributed by atoms with van der Waals surface area (Å²) in [6.07, 6.45) is 4.80. The van der Waals surface area contributed by atoms with Crippen molar-refractivity contribution in [2.45, 2.75) is 70.2 Å². The zero-order valence-electron chi connectivity index (χ0n) is 11.6. The van der Waals surface area contributed by atoms with Crippen LogP contribution in [-0.2, 0) is 4.74 Å². The molecule has 0 unspecified atom stereocenters. The Balaban J connectivity index is 2.09. The monoisotopic (exact) mass is 252 g/mol. The molecule has 0 aromatic heterocycles. The molecule has 0 radical (unpaired) electrons. The van der Waals surface area contributed by atoms with E-state index in [0.717, 1.165) is 12.8 Å². The predicted octanol–water partition coefficient (Wildman–Crippen LogP) is 2.17. The van der Waals surface area contributed by atoms with E-state index in [-0.39, 0.29) is 18.1 Å². The lowest BCUT2D eigenvalue weighted by atomic mass is 9.57. The summed E-state index contributed by atoms with van der Waals surface area (Å²) >= 11 is 0. The van der Waals surface area contributed by atoms with E-state index >= 15 is 0 Å². The average Bonchev–Trinajstić information content (AvgIpc) is 2.51. The van der Waals surface area contributed by atoms with Crippen molar-refractivity contribution < 1.29 is 14.9 Å². The van der Waals surface area contributed by atoms with Gasteiger partial charge < -0.3 is 14.9 Å². The molecule has 0 aromatic carbocycles. The zero-order chi connectivity index (χ0) is 13.2. The van der Waals surface area contributed by atoms with Crippen LogP contribution in [0.1, 0.15) is 52.9 Å². The molecule has 3 heteroatoms. The molecule has 1 saturated heterocycles. The molecule has 0 amide bonds. The van der Waals surface area contributed by atoms with Crippen molar-refractivity contribution in [3.63, 3.8) is 0 Å². The molecule has 1 aliphatic heterocycles. The summed E-state index contributed by atoms with van der Waals surface area (Å²) in [5.74, 6) is 0. The first-order valence-electron chi connectivity index (χ1n) is 7.07. The molecule has 3 rings (SSSR count). The van der Waals surface area contributed by atoms with Crippen LogP contribution in [0.25, 0.3) is 0 Å². The smallest absolute Gasteiger partial charge is 0.125 e. The van der Waals surface area contributed by atoms with Gasteiger partial charge in [-0.1, -0.05) is 12.5 Å². The van der Waals surface area contributed by atoms with E-state index in [4.69, 9.17) is 4.74 Å². The van der Waals surface area contributed by atoms with Gasteiger partial charge >= 0.3 is 0 Å². The Hall–Kier alpha value is -0.380. The van der Waals surface area contributed by atoms with Gasteiger partial charge in [0.25, 0.3) is 0 Å². The number of hydrogen-bond donors (Lipinski definition) is 2. The van der Waals surface area contributed by atoms with E-state index in [1.165, 1.54) is 24.0 Å². The highest BCUT2D eigenvalue weighted by Crippen LogP contribution is 2.57. The Morgan fingerprint density at radius 3 is 2.61 bits per heavy atom. The van der Waals surface area contributed by atoms with Crippen LogP contribution in [0.4, 0.5) is 0 Å². The standard InChI is InChI=1S/C15H24O3/c1-10-5-4-6-13(2)7-8-15(17)12(11(10)13)18-9-14(15,3)16/h12,16-17H,4-9H2,1-3H3/t12-,13+,14+,15-/m0/s1. The van der Waals surface area contributed by atoms with E-state index in [1.54, 1.807) is 6.92 Å². The third-order valence-corrected chi connectivity index (χ3v) is 5.61. The highest BCUT2D eigenvalue weighted by Gasteiger charge is 2.63. The van der Waals surface area contributed by atoms with Gasteiger partial charge in [-0.25, -0.2) is 0 Å². The Kier molecular flexibility index (Phi) is 2.52. The second-order valence-corrected chi connectivity index (χ2v) is 7.00. The second kappa shape index (κ2) is 3.59. The molecule has 2 N–H and O–H groups in total. The van der Waals surface area contributed by atoms with Crippen LogP contribution in [0.15, 0.2) is 11.1 Å². The van der Waals surface area contributed by atoms with Crippen molar-refractivity contribution in [3.05, 3.63) is 11.1 Å². The molecule has 2 aliphatic carbocycles. The minimum atomic E-state index is -1.12. The normalized spacial score (nSPS) is 52.2. The molecule has 1 heterocycles. The second-order valence-electron chi connectivity index (χ2n) is 7.00. The first kappa shape index (κ1) is 12.6. The number of aliphatic hydroxyl groups is 2. The first-order valence-corrected chi connectivity index (χ1v) is 7.07. The highest BCUT2D eigenvalue weighted by molar-refractivity contribution is 5.36. The fraction of sp³-hybridized carbons (Fsp3) is 0.867. The fourth-order valence-electron chi connectivity index (χ4n) is 4.31. The van der Waals surface area contributed by atoms with E-state index in [1.807, 2.05) is 0 Å². The topological polar surface area (TPSA) is 49.7 Å². The van der Waals surface area contributed by atoms with Gasteiger partial charge in [0.1, 0.15) is 17.3 Å². The fourth-order valence-corrected chi connectivity index (χ4v) is 4.31. The van der Waals surface area contributed by atoms with Crippen LogP contribution in [0.5, 0.6) is 0 Å². The largest absolute Gasteiger partial charge is 0.385 e. The molecular formula is C15H24O3. The van der Waals surface area contributed by atoms with Crippen molar-refractivity contribution in [3.8, 4) is 0 Å². The number of ether oxygens (including phenoxy) is 1. The van der Waals surface area contributed by atoms with Gasteiger partial charge in [0, 0.05) is 0 Å². The Morgan fingerprint density at radius 2 is 1.89 bits per heavy atom. The lowest BCUT2D eigenvalue weighted by Gasteiger charge is -2.51.